The number of carbonyl (C=O) groups excluding carboxylic acids is 3. The van der Waals surface area contributed by atoms with Gasteiger partial charge in [-0.15, -0.1) is 0 Å². The molecule has 0 radical (unpaired) electrons. The van der Waals surface area contributed by atoms with Crippen molar-refractivity contribution in [1.82, 2.24) is 5.43 Å². The molecule has 3 amide bonds. The molecule has 3 rings (SSSR count). The summed E-state index contributed by atoms with van der Waals surface area (Å²) in [6.45, 7) is 1.68. The van der Waals surface area contributed by atoms with E-state index in [0.717, 1.165) is 5.56 Å². The van der Waals surface area contributed by atoms with Crippen molar-refractivity contribution >= 4 is 46.9 Å². The van der Waals surface area contributed by atoms with Gasteiger partial charge in [-0.2, -0.15) is 5.10 Å². The predicted molar refractivity (Wildman–Crippen MR) is 134 cm³/mol. The number of nitrogens with zero attached hydrogens (tertiary/aromatic N) is 1. The van der Waals surface area contributed by atoms with Crippen molar-refractivity contribution in [2.45, 2.75) is 6.92 Å². The molecule has 0 aliphatic carbocycles. The molecule has 0 unspecified atom stereocenters. The van der Waals surface area contributed by atoms with Crippen LogP contribution in [0.4, 0.5) is 11.4 Å². The summed E-state index contributed by atoms with van der Waals surface area (Å²) in [5.41, 5.74) is 4.86. The number of aryl methyl sites for hydroxylation is 1. The number of carbonyl (C=O) groups is 3. The van der Waals surface area contributed by atoms with Gasteiger partial charge >= 0.3 is 11.8 Å². The van der Waals surface area contributed by atoms with Gasteiger partial charge in [-0.25, -0.2) is 5.43 Å². The quantitative estimate of drug-likeness (QED) is 0.250. The molecule has 0 aliphatic rings. The summed E-state index contributed by atoms with van der Waals surface area (Å²) >= 11 is 5.83. The standard InChI is InChI=1S/C25H23ClN4O5/c1-16-3-8-20(9-4-16)29-24(32)25(33)30-27-14-17-5-12-21(22(13-17)34-2)35-15-23(31)28-19-10-6-18(26)7-11-19/h3-14H,15H2,1-2H3,(H,28,31)(H,29,32)(H,30,33)/b27-14+. The van der Waals surface area contributed by atoms with Crippen molar-refractivity contribution in [2.24, 2.45) is 5.10 Å². The average molecular weight is 495 g/mol. The van der Waals surface area contributed by atoms with Crippen LogP contribution in [0.25, 0.3) is 0 Å². The normalized spacial score (nSPS) is 10.5. The number of nitrogens with one attached hydrogen (secondary N) is 3. The molecule has 0 atom stereocenters. The third-order valence-corrected chi connectivity index (χ3v) is 4.82. The van der Waals surface area contributed by atoms with Gasteiger partial charge in [0.2, 0.25) is 0 Å². The molecule has 3 N–H and O–H groups in total. The minimum atomic E-state index is -0.916. The monoisotopic (exact) mass is 494 g/mol. The molecular weight excluding hydrogens is 472 g/mol. The number of ether oxygens (including phenoxy) is 2. The molecule has 0 heterocycles. The fourth-order valence-electron chi connectivity index (χ4n) is 2.80. The number of hydrogen-bond acceptors (Lipinski definition) is 6. The Hall–Kier alpha value is -4.37. The van der Waals surface area contributed by atoms with Crippen LogP contribution in [0.3, 0.4) is 0 Å². The molecule has 10 heteroatoms. The Balaban J connectivity index is 1.51. The molecule has 3 aromatic rings. The minimum absolute atomic E-state index is 0.238. The van der Waals surface area contributed by atoms with E-state index in [-0.39, 0.29) is 12.5 Å². The Morgan fingerprint density at radius 3 is 2.23 bits per heavy atom. The molecular formula is C25H23ClN4O5. The maximum absolute atomic E-state index is 12.1. The Bertz CT molecular complexity index is 1230. The van der Waals surface area contributed by atoms with Crippen LogP contribution in [0.5, 0.6) is 11.5 Å². The number of hydrogen-bond donors (Lipinski definition) is 3. The van der Waals surface area contributed by atoms with Gasteiger partial charge in [-0.05, 0) is 67.1 Å². The summed E-state index contributed by atoms with van der Waals surface area (Å²) in [5, 5.41) is 9.54. The fourth-order valence-corrected chi connectivity index (χ4v) is 2.92. The zero-order chi connectivity index (χ0) is 25.2. The van der Waals surface area contributed by atoms with Crippen molar-refractivity contribution in [3.63, 3.8) is 0 Å². The van der Waals surface area contributed by atoms with Crippen LogP contribution in [-0.2, 0) is 14.4 Å². The third-order valence-electron chi connectivity index (χ3n) is 4.57. The molecule has 0 aromatic heterocycles. The Kier molecular flexibility index (Phi) is 8.80. The summed E-state index contributed by atoms with van der Waals surface area (Å²) in [7, 11) is 1.45. The molecule has 0 fully saturated rings. The molecule has 180 valence electrons. The van der Waals surface area contributed by atoms with Gasteiger partial charge in [0.25, 0.3) is 5.91 Å². The van der Waals surface area contributed by atoms with Crippen LogP contribution in [0.1, 0.15) is 11.1 Å². The maximum atomic E-state index is 12.1. The lowest BCUT2D eigenvalue weighted by Crippen LogP contribution is -2.32. The van der Waals surface area contributed by atoms with Crippen molar-refractivity contribution in [2.75, 3.05) is 24.4 Å². The Morgan fingerprint density at radius 2 is 1.54 bits per heavy atom. The van der Waals surface area contributed by atoms with E-state index in [1.165, 1.54) is 13.3 Å². The highest BCUT2D eigenvalue weighted by Crippen LogP contribution is 2.27. The number of methoxy groups -OCH3 is 1. The number of benzene rings is 3. The summed E-state index contributed by atoms with van der Waals surface area (Å²) in [6, 6.07) is 18.6. The molecule has 35 heavy (non-hydrogen) atoms. The number of hydrazone groups is 1. The first kappa shape index (κ1) is 25.3. The second kappa shape index (κ2) is 12.2. The number of anilines is 2. The van der Waals surface area contributed by atoms with Gasteiger partial charge in [0.15, 0.2) is 18.1 Å². The molecule has 0 saturated heterocycles. The topological polar surface area (TPSA) is 118 Å². The van der Waals surface area contributed by atoms with E-state index in [9.17, 15) is 14.4 Å². The fraction of sp³-hybridized carbons (Fsp3) is 0.120. The van der Waals surface area contributed by atoms with E-state index < -0.39 is 11.8 Å². The maximum Gasteiger partial charge on any atom is 0.329 e. The van der Waals surface area contributed by atoms with Gasteiger partial charge in [0, 0.05) is 16.4 Å². The summed E-state index contributed by atoms with van der Waals surface area (Å²) < 4.78 is 10.9. The zero-order valence-electron chi connectivity index (χ0n) is 19.0. The second-order valence-corrected chi connectivity index (χ2v) is 7.71. The summed E-state index contributed by atoms with van der Waals surface area (Å²) in [6.07, 6.45) is 1.34. The van der Waals surface area contributed by atoms with Crippen molar-refractivity contribution in [3.05, 3.63) is 82.9 Å². The van der Waals surface area contributed by atoms with Gasteiger partial charge < -0.3 is 20.1 Å². The minimum Gasteiger partial charge on any atom is -0.493 e. The lowest BCUT2D eigenvalue weighted by Gasteiger charge is -2.11. The molecule has 9 nitrogen and oxygen atoms in total. The molecule has 0 spiro atoms. The van der Waals surface area contributed by atoms with Crippen LogP contribution in [0, 0.1) is 6.92 Å². The highest BCUT2D eigenvalue weighted by molar-refractivity contribution is 6.39. The van der Waals surface area contributed by atoms with Crippen LogP contribution < -0.4 is 25.5 Å². The third kappa shape index (κ3) is 7.86. The number of rotatable bonds is 8. The van der Waals surface area contributed by atoms with Gasteiger partial charge in [-0.1, -0.05) is 29.3 Å². The summed E-state index contributed by atoms with van der Waals surface area (Å²) in [5.74, 6) is -1.41. The van der Waals surface area contributed by atoms with Crippen molar-refractivity contribution in [3.8, 4) is 11.5 Å². The molecule has 0 saturated carbocycles. The lowest BCUT2D eigenvalue weighted by atomic mass is 10.2. The van der Waals surface area contributed by atoms with Gasteiger partial charge in [0.1, 0.15) is 0 Å². The average Bonchev–Trinajstić information content (AvgIpc) is 2.85. The highest BCUT2D eigenvalue weighted by Gasteiger charge is 2.13. The molecule has 0 aliphatic heterocycles. The Labute approximate surface area is 207 Å². The van der Waals surface area contributed by atoms with Crippen LogP contribution in [-0.4, -0.2) is 37.7 Å². The number of halogens is 1. The number of amides is 3. The SMILES string of the molecule is COc1cc(/C=N/NC(=O)C(=O)Nc2ccc(C)cc2)ccc1OCC(=O)Nc1ccc(Cl)cc1. The van der Waals surface area contributed by atoms with Crippen LogP contribution >= 0.6 is 11.6 Å². The first-order valence-corrected chi connectivity index (χ1v) is 10.8. The van der Waals surface area contributed by atoms with E-state index in [2.05, 4.69) is 21.2 Å². The van der Waals surface area contributed by atoms with E-state index in [0.29, 0.717) is 33.5 Å². The van der Waals surface area contributed by atoms with Crippen molar-refractivity contribution < 1.29 is 23.9 Å². The lowest BCUT2D eigenvalue weighted by molar-refractivity contribution is -0.136. The van der Waals surface area contributed by atoms with Crippen molar-refractivity contribution in [1.29, 1.82) is 0 Å². The Morgan fingerprint density at radius 1 is 0.886 bits per heavy atom. The highest BCUT2D eigenvalue weighted by atomic mass is 35.5. The first-order valence-electron chi connectivity index (χ1n) is 10.4. The largest absolute Gasteiger partial charge is 0.493 e. The molecule has 0 bridgehead atoms. The summed E-state index contributed by atoms with van der Waals surface area (Å²) in [4.78, 5) is 36.0. The smallest absolute Gasteiger partial charge is 0.329 e. The van der Waals surface area contributed by atoms with E-state index in [1.54, 1.807) is 54.6 Å². The molecule has 3 aromatic carbocycles. The van der Waals surface area contributed by atoms with Gasteiger partial charge in [0.05, 0.1) is 13.3 Å². The van der Waals surface area contributed by atoms with E-state index in [1.807, 2.05) is 19.1 Å². The predicted octanol–water partition coefficient (Wildman–Crippen LogP) is 3.76. The van der Waals surface area contributed by atoms with E-state index >= 15 is 0 Å². The van der Waals surface area contributed by atoms with Crippen LogP contribution in [0.2, 0.25) is 5.02 Å². The second-order valence-electron chi connectivity index (χ2n) is 7.27. The first-order chi connectivity index (χ1) is 16.8. The van der Waals surface area contributed by atoms with Gasteiger partial charge in [-0.3, -0.25) is 14.4 Å². The zero-order valence-corrected chi connectivity index (χ0v) is 19.8. The van der Waals surface area contributed by atoms with E-state index in [4.69, 9.17) is 21.1 Å². The van der Waals surface area contributed by atoms with Crippen LogP contribution in [0.15, 0.2) is 71.8 Å².